The van der Waals surface area contributed by atoms with E-state index in [4.69, 9.17) is 5.11 Å². The molecule has 0 aromatic heterocycles. The molecule has 15 heavy (non-hydrogen) atoms. The molecule has 0 saturated heterocycles. The lowest BCUT2D eigenvalue weighted by Gasteiger charge is -2.18. The quantitative estimate of drug-likeness (QED) is 0.785. The molecular weight excluding hydrogens is 195 g/mol. The van der Waals surface area contributed by atoms with Crippen molar-refractivity contribution in [3.05, 3.63) is 29.6 Å². The number of aromatic hydroxyl groups is 1. The van der Waals surface area contributed by atoms with Crippen LogP contribution in [-0.4, -0.2) is 16.8 Å². The number of hydrogen-bond acceptors (Lipinski definition) is 2. The number of rotatable bonds is 2. The summed E-state index contributed by atoms with van der Waals surface area (Å²) in [7, 11) is 0. The van der Waals surface area contributed by atoms with Crippen LogP contribution in [0.2, 0.25) is 0 Å². The molecule has 82 valence electrons. The Labute approximate surface area is 88.4 Å². The van der Waals surface area contributed by atoms with Crippen LogP contribution in [0.5, 0.6) is 5.75 Å². The van der Waals surface area contributed by atoms with Crippen molar-refractivity contribution in [2.24, 2.45) is 5.41 Å². The van der Waals surface area contributed by atoms with Crippen molar-refractivity contribution in [3.63, 3.8) is 0 Å². The first-order chi connectivity index (χ1) is 6.93. The van der Waals surface area contributed by atoms with Gasteiger partial charge in [0.05, 0.1) is 6.61 Å². The number of aliphatic hydroxyl groups excluding tert-OH is 1. The van der Waals surface area contributed by atoms with Crippen LogP contribution < -0.4 is 0 Å². The van der Waals surface area contributed by atoms with Crippen molar-refractivity contribution < 1.29 is 14.6 Å². The SMILES string of the molecule is CC1(C)CC1(CO)c1ccc(O)c(F)c1. The van der Waals surface area contributed by atoms with Gasteiger partial charge in [-0.05, 0) is 29.5 Å². The lowest BCUT2D eigenvalue weighted by Crippen LogP contribution is -2.19. The highest BCUT2D eigenvalue weighted by Crippen LogP contribution is 2.64. The van der Waals surface area contributed by atoms with Crippen molar-refractivity contribution in [2.75, 3.05) is 6.61 Å². The van der Waals surface area contributed by atoms with E-state index in [1.54, 1.807) is 6.07 Å². The minimum atomic E-state index is -0.622. The van der Waals surface area contributed by atoms with Gasteiger partial charge in [-0.15, -0.1) is 0 Å². The van der Waals surface area contributed by atoms with E-state index >= 15 is 0 Å². The third-order valence-electron chi connectivity index (χ3n) is 3.68. The summed E-state index contributed by atoms with van der Waals surface area (Å²) in [5.41, 5.74) is 0.442. The van der Waals surface area contributed by atoms with E-state index in [1.165, 1.54) is 12.1 Å². The normalized spacial score (nSPS) is 27.7. The molecule has 0 aliphatic heterocycles. The Bertz CT molecular complexity index is 401. The van der Waals surface area contributed by atoms with Crippen LogP contribution in [0.4, 0.5) is 4.39 Å². The lowest BCUT2D eigenvalue weighted by atomic mass is 9.88. The summed E-state index contributed by atoms with van der Waals surface area (Å²) in [6, 6.07) is 4.35. The van der Waals surface area contributed by atoms with Gasteiger partial charge in [0.2, 0.25) is 0 Å². The molecule has 2 nitrogen and oxygen atoms in total. The predicted molar refractivity (Wildman–Crippen MR) is 55.2 cm³/mol. The zero-order valence-corrected chi connectivity index (χ0v) is 8.92. The summed E-state index contributed by atoms with van der Waals surface area (Å²) < 4.78 is 13.2. The topological polar surface area (TPSA) is 40.5 Å². The molecule has 1 atom stereocenters. The van der Waals surface area contributed by atoms with Gasteiger partial charge in [-0.2, -0.15) is 0 Å². The number of benzene rings is 1. The summed E-state index contributed by atoms with van der Waals surface area (Å²) in [6.07, 6.45) is 0.848. The Hall–Kier alpha value is -1.09. The third-order valence-corrected chi connectivity index (χ3v) is 3.68. The molecule has 1 fully saturated rings. The van der Waals surface area contributed by atoms with Gasteiger partial charge in [0.15, 0.2) is 11.6 Å². The minimum absolute atomic E-state index is 0.00512. The fourth-order valence-corrected chi connectivity index (χ4v) is 2.37. The van der Waals surface area contributed by atoms with Crippen LogP contribution in [0.25, 0.3) is 0 Å². The third kappa shape index (κ3) is 1.34. The molecule has 1 aromatic carbocycles. The molecule has 0 bridgehead atoms. The van der Waals surface area contributed by atoms with Gasteiger partial charge < -0.3 is 10.2 Å². The van der Waals surface area contributed by atoms with Crippen LogP contribution in [0.15, 0.2) is 18.2 Å². The molecule has 1 aliphatic rings. The zero-order chi connectivity index (χ0) is 11.3. The second-order valence-corrected chi connectivity index (χ2v) is 4.97. The van der Waals surface area contributed by atoms with Crippen molar-refractivity contribution in [2.45, 2.75) is 25.7 Å². The highest BCUT2D eigenvalue weighted by Gasteiger charge is 2.61. The number of aliphatic hydroxyl groups is 1. The van der Waals surface area contributed by atoms with Crippen LogP contribution in [-0.2, 0) is 5.41 Å². The van der Waals surface area contributed by atoms with E-state index in [1.807, 2.05) is 13.8 Å². The first-order valence-corrected chi connectivity index (χ1v) is 5.03. The Balaban J connectivity index is 2.42. The van der Waals surface area contributed by atoms with E-state index in [9.17, 15) is 9.50 Å². The van der Waals surface area contributed by atoms with E-state index in [-0.39, 0.29) is 23.2 Å². The second kappa shape index (κ2) is 2.95. The molecular formula is C12H15FO2. The Kier molecular flexibility index (Phi) is 2.05. The zero-order valence-electron chi connectivity index (χ0n) is 8.92. The number of phenolic OH excluding ortho intramolecular Hbond substituents is 1. The number of phenols is 1. The molecule has 1 aliphatic carbocycles. The van der Waals surface area contributed by atoms with Crippen molar-refractivity contribution in [1.29, 1.82) is 0 Å². The Morgan fingerprint density at radius 2 is 2.00 bits per heavy atom. The number of hydrogen-bond donors (Lipinski definition) is 2. The second-order valence-electron chi connectivity index (χ2n) is 4.97. The standard InChI is InChI=1S/C12H15FO2/c1-11(2)6-12(11,7-14)8-3-4-10(15)9(13)5-8/h3-5,14-15H,6-7H2,1-2H3. The predicted octanol–water partition coefficient (Wildman–Crippen LogP) is 2.19. The molecule has 3 heteroatoms. The molecule has 1 aromatic rings. The maximum atomic E-state index is 13.2. The molecule has 1 saturated carbocycles. The number of halogens is 1. The fraction of sp³-hybridized carbons (Fsp3) is 0.500. The van der Waals surface area contributed by atoms with Crippen LogP contribution in [0.3, 0.4) is 0 Å². The largest absolute Gasteiger partial charge is 0.505 e. The van der Waals surface area contributed by atoms with Crippen LogP contribution in [0.1, 0.15) is 25.8 Å². The molecule has 2 rings (SSSR count). The molecule has 0 radical (unpaired) electrons. The highest BCUT2D eigenvalue weighted by atomic mass is 19.1. The lowest BCUT2D eigenvalue weighted by molar-refractivity contribution is 0.231. The Morgan fingerprint density at radius 3 is 2.40 bits per heavy atom. The van der Waals surface area contributed by atoms with Crippen LogP contribution >= 0.6 is 0 Å². The minimum Gasteiger partial charge on any atom is -0.505 e. The maximum absolute atomic E-state index is 13.2. The molecule has 0 spiro atoms. The van der Waals surface area contributed by atoms with Gasteiger partial charge in [-0.3, -0.25) is 0 Å². The summed E-state index contributed by atoms with van der Waals surface area (Å²) in [4.78, 5) is 0. The summed E-state index contributed by atoms with van der Waals surface area (Å²) in [5.74, 6) is -0.965. The van der Waals surface area contributed by atoms with Gasteiger partial charge in [0.25, 0.3) is 0 Å². The first kappa shape index (κ1) is 10.4. The van der Waals surface area contributed by atoms with E-state index in [2.05, 4.69) is 0 Å². The van der Waals surface area contributed by atoms with E-state index < -0.39 is 5.82 Å². The monoisotopic (exact) mass is 210 g/mol. The summed E-state index contributed by atoms with van der Waals surface area (Å²) >= 11 is 0. The van der Waals surface area contributed by atoms with Gasteiger partial charge in [0, 0.05) is 5.41 Å². The van der Waals surface area contributed by atoms with Gasteiger partial charge in [0.1, 0.15) is 0 Å². The molecule has 1 unspecified atom stereocenters. The molecule has 0 amide bonds. The van der Waals surface area contributed by atoms with Crippen molar-refractivity contribution in [3.8, 4) is 5.75 Å². The first-order valence-electron chi connectivity index (χ1n) is 5.03. The van der Waals surface area contributed by atoms with Crippen molar-refractivity contribution in [1.82, 2.24) is 0 Å². The Morgan fingerprint density at radius 1 is 1.40 bits per heavy atom. The average molecular weight is 210 g/mol. The van der Waals surface area contributed by atoms with E-state index in [0.29, 0.717) is 0 Å². The smallest absolute Gasteiger partial charge is 0.165 e. The average Bonchev–Trinajstić information content (AvgIpc) is 2.75. The highest BCUT2D eigenvalue weighted by molar-refractivity contribution is 5.40. The molecule has 0 heterocycles. The maximum Gasteiger partial charge on any atom is 0.165 e. The summed E-state index contributed by atoms with van der Waals surface area (Å²) in [5, 5.41) is 18.5. The molecule has 2 N–H and O–H groups in total. The van der Waals surface area contributed by atoms with Crippen molar-refractivity contribution >= 4 is 0 Å². The van der Waals surface area contributed by atoms with E-state index in [0.717, 1.165) is 12.0 Å². The summed E-state index contributed by atoms with van der Waals surface area (Å²) in [6.45, 7) is 4.12. The van der Waals surface area contributed by atoms with Gasteiger partial charge in [-0.25, -0.2) is 4.39 Å². The van der Waals surface area contributed by atoms with Gasteiger partial charge >= 0.3 is 0 Å². The fourth-order valence-electron chi connectivity index (χ4n) is 2.37. The van der Waals surface area contributed by atoms with Crippen LogP contribution in [0, 0.1) is 11.2 Å². The van der Waals surface area contributed by atoms with Gasteiger partial charge in [-0.1, -0.05) is 19.9 Å².